The Morgan fingerprint density at radius 2 is 1.03 bits per heavy atom. The van der Waals surface area contributed by atoms with E-state index in [1.54, 1.807) is 0 Å². The van der Waals surface area contributed by atoms with Crippen molar-refractivity contribution in [2.24, 2.45) is 0 Å². The zero-order chi connectivity index (χ0) is 25.5. The van der Waals surface area contributed by atoms with E-state index >= 15 is 0 Å². The molecule has 4 aromatic carbocycles. The van der Waals surface area contributed by atoms with Crippen LogP contribution in [0, 0.1) is 6.92 Å². The minimum absolute atomic E-state index is 0.479. The first-order valence-electron chi connectivity index (χ1n) is 13.0. The molecule has 0 saturated heterocycles. The maximum atomic E-state index is 4.71. The summed E-state index contributed by atoms with van der Waals surface area (Å²) in [4.78, 5) is 9.37. The van der Waals surface area contributed by atoms with Crippen molar-refractivity contribution < 1.29 is 0 Å². The molecule has 0 bridgehead atoms. The number of nitrogens with zero attached hydrogens (tertiary/aromatic N) is 2. The Morgan fingerprint density at radius 3 is 1.68 bits per heavy atom. The Bertz CT molecular complexity index is 1730. The quantitative estimate of drug-likeness (QED) is 0.249. The van der Waals surface area contributed by atoms with Crippen molar-refractivity contribution in [1.29, 1.82) is 0 Å². The Kier molecular flexibility index (Phi) is 5.26. The third kappa shape index (κ3) is 3.27. The molecule has 1 aliphatic rings. The van der Waals surface area contributed by atoms with Gasteiger partial charge in [-0.15, -0.1) is 0 Å². The highest BCUT2D eigenvalue weighted by atomic mass is 14.7. The standard InChI is InChI=1S/C36H26N2/c1-25-28(35-21-7-9-23-38-35)16-11-19-31(25)36(27-13-10-12-26(24-27)34-20-6-8-22-37-34)32-17-4-2-14-29(32)30-15-3-5-18-33(30)36/h2-24H,1H3. The second kappa shape index (κ2) is 8.93. The fourth-order valence-corrected chi connectivity index (χ4v) is 6.28. The fraction of sp³-hybridized carbons (Fsp3) is 0.0556. The predicted molar refractivity (Wildman–Crippen MR) is 155 cm³/mol. The molecule has 0 aliphatic heterocycles. The maximum Gasteiger partial charge on any atom is 0.0716 e. The van der Waals surface area contributed by atoms with E-state index in [-0.39, 0.29) is 0 Å². The molecule has 2 aromatic heterocycles. The summed E-state index contributed by atoms with van der Waals surface area (Å²) in [6.07, 6.45) is 3.73. The molecule has 2 heteroatoms. The Balaban J connectivity index is 1.59. The molecule has 6 aromatic rings. The average Bonchev–Trinajstić information content (AvgIpc) is 3.29. The van der Waals surface area contributed by atoms with Gasteiger partial charge in [-0.3, -0.25) is 9.97 Å². The molecule has 0 spiro atoms. The monoisotopic (exact) mass is 486 g/mol. The van der Waals surface area contributed by atoms with Gasteiger partial charge in [-0.05, 0) is 76.2 Å². The number of rotatable bonds is 4. The van der Waals surface area contributed by atoms with Crippen molar-refractivity contribution in [3.63, 3.8) is 0 Å². The summed E-state index contributed by atoms with van der Waals surface area (Å²) in [5, 5.41) is 0. The van der Waals surface area contributed by atoms with Gasteiger partial charge in [0.25, 0.3) is 0 Å². The molecule has 1 aliphatic carbocycles. The molecule has 0 amide bonds. The van der Waals surface area contributed by atoms with Crippen LogP contribution in [0.3, 0.4) is 0 Å². The summed E-state index contributed by atoms with van der Waals surface area (Å²) in [7, 11) is 0. The SMILES string of the molecule is Cc1c(-c2ccccn2)cccc1C1(c2cccc(-c3ccccn3)c2)c2ccccc2-c2ccccc21. The van der Waals surface area contributed by atoms with Gasteiger partial charge in [0.1, 0.15) is 0 Å². The molecule has 0 unspecified atom stereocenters. The number of aromatic nitrogens is 2. The predicted octanol–water partition coefficient (Wildman–Crippen LogP) is 8.48. The van der Waals surface area contributed by atoms with Crippen molar-refractivity contribution in [1.82, 2.24) is 9.97 Å². The summed E-state index contributed by atoms with van der Waals surface area (Å²) >= 11 is 0. The summed E-state index contributed by atoms with van der Waals surface area (Å²) < 4.78 is 0. The first-order valence-corrected chi connectivity index (χ1v) is 13.0. The van der Waals surface area contributed by atoms with E-state index in [2.05, 4.69) is 121 Å². The Morgan fingerprint density at radius 1 is 0.474 bits per heavy atom. The highest BCUT2D eigenvalue weighted by molar-refractivity contribution is 5.87. The smallest absolute Gasteiger partial charge is 0.0716 e. The van der Waals surface area contributed by atoms with E-state index in [1.807, 2.05) is 30.6 Å². The first-order chi connectivity index (χ1) is 18.8. The molecular formula is C36H26N2. The van der Waals surface area contributed by atoms with E-state index in [0.717, 1.165) is 22.5 Å². The fourth-order valence-electron chi connectivity index (χ4n) is 6.28. The van der Waals surface area contributed by atoms with Crippen LogP contribution in [0.25, 0.3) is 33.6 Å². The van der Waals surface area contributed by atoms with Gasteiger partial charge in [-0.25, -0.2) is 0 Å². The number of fused-ring (bicyclic) bond motifs is 3. The van der Waals surface area contributed by atoms with E-state index < -0.39 is 5.41 Å². The summed E-state index contributed by atoms with van der Waals surface area (Å²) in [6.45, 7) is 2.24. The van der Waals surface area contributed by atoms with Crippen LogP contribution >= 0.6 is 0 Å². The van der Waals surface area contributed by atoms with E-state index in [4.69, 9.17) is 4.98 Å². The third-order valence-corrected chi connectivity index (χ3v) is 7.89. The van der Waals surface area contributed by atoms with Crippen LogP contribution in [0.1, 0.15) is 27.8 Å². The van der Waals surface area contributed by atoms with Crippen molar-refractivity contribution >= 4 is 0 Å². The molecule has 0 fully saturated rings. The van der Waals surface area contributed by atoms with Gasteiger partial charge in [0.2, 0.25) is 0 Å². The van der Waals surface area contributed by atoms with Gasteiger partial charge in [0.05, 0.1) is 16.8 Å². The number of pyridine rings is 2. The highest BCUT2D eigenvalue weighted by Crippen LogP contribution is 2.57. The largest absolute Gasteiger partial charge is 0.256 e. The molecule has 180 valence electrons. The van der Waals surface area contributed by atoms with Gasteiger partial charge in [0.15, 0.2) is 0 Å². The zero-order valence-electron chi connectivity index (χ0n) is 21.2. The number of hydrogen-bond donors (Lipinski definition) is 0. The highest BCUT2D eigenvalue weighted by Gasteiger charge is 2.47. The van der Waals surface area contributed by atoms with Gasteiger partial charge < -0.3 is 0 Å². The minimum Gasteiger partial charge on any atom is -0.256 e. The zero-order valence-corrected chi connectivity index (χ0v) is 21.2. The lowest BCUT2D eigenvalue weighted by atomic mass is 9.65. The van der Waals surface area contributed by atoms with Gasteiger partial charge in [-0.1, -0.05) is 97.1 Å². The topological polar surface area (TPSA) is 25.8 Å². The summed E-state index contributed by atoms with van der Waals surface area (Å²) in [6, 6.07) is 45.6. The molecule has 0 radical (unpaired) electrons. The lowest BCUT2D eigenvalue weighted by Gasteiger charge is -2.36. The van der Waals surface area contributed by atoms with Crippen LogP contribution in [-0.2, 0) is 5.41 Å². The molecule has 0 saturated carbocycles. The van der Waals surface area contributed by atoms with Crippen molar-refractivity contribution in [3.05, 3.63) is 168 Å². The van der Waals surface area contributed by atoms with Gasteiger partial charge in [-0.2, -0.15) is 0 Å². The lowest BCUT2D eigenvalue weighted by Crippen LogP contribution is -2.29. The van der Waals surface area contributed by atoms with Crippen molar-refractivity contribution in [3.8, 4) is 33.6 Å². The normalized spacial score (nSPS) is 13.1. The second-order valence-corrected chi connectivity index (χ2v) is 9.83. The van der Waals surface area contributed by atoms with E-state index in [1.165, 1.54) is 38.9 Å². The van der Waals surface area contributed by atoms with E-state index in [9.17, 15) is 0 Å². The average molecular weight is 487 g/mol. The third-order valence-electron chi connectivity index (χ3n) is 7.89. The lowest BCUT2D eigenvalue weighted by molar-refractivity contribution is 0.761. The van der Waals surface area contributed by atoms with Crippen LogP contribution in [0.4, 0.5) is 0 Å². The molecule has 2 heterocycles. The van der Waals surface area contributed by atoms with E-state index in [0.29, 0.717) is 0 Å². The van der Waals surface area contributed by atoms with Crippen molar-refractivity contribution in [2.75, 3.05) is 0 Å². The molecule has 0 atom stereocenters. The Labute approximate surface area is 223 Å². The van der Waals surface area contributed by atoms with Crippen LogP contribution < -0.4 is 0 Å². The van der Waals surface area contributed by atoms with Crippen molar-refractivity contribution in [2.45, 2.75) is 12.3 Å². The summed E-state index contributed by atoms with van der Waals surface area (Å²) in [5.74, 6) is 0. The summed E-state index contributed by atoms with van der Waals surface area (Å²) in [5.41, 5.74) is 12.7. The maximum absolute atomic E-state index is 4.71. The van der Waals surface area contributed by atoms with Gasteiger partial charge in [0, 0.05) is 23.5 Å². The molecule has 7 rings (SSSR count). The van der Waals surface area contributed by atoms with Gasteiger partial charge >= 0.3 is 0 Å². The molecule has 0 N–H and O–H groups in total. The van der Waals surface area contributed by atoms with Crippen LogP contribution in [0.15, 0.2) is 140 Å². The second-order valence-electron chi connectivity index (χ2n) is 9.83. The first kappa shape index (κ1) is 22.4. The van der Waals surface area contributed by atoms with Crippen LogP contribution in [0.2, 0.25) is 0 Å². The Hall–Kier alpha value is -4.82. The number of benzene rings is 4. The number of hydrogen-bond acceptors (Lipinski definition) is 2. The minimum atomic E-state index is -0.479. The molecular weight excluding hydrogens is 460 g/mol. The molecule has 2 nitrogen and oxygen atoms in total. The van der Waals surface area contributed by atoms with Crippen LogP contribution in [0.5, 0.6) is 0 Å². The molecule has 38 heavy (non-hydrogen) atoms. The van der Waals surface area contributed by atoms with Crippen LogP contribution in [-0.4, -0.2) is 9.97 Å².